The fourth-order valence-electron chi connectivity index (χ4n) is 3.13. The van der Waals surface area contributed by atoms with Crippen LogP contribution < -0.4 is 10.6 Å². The first-order valence-corrected chi connectivity index (χ1v) is 8.73. The van der Waals surface area contributed by atoms with Gasteiger partial charge in [-0.1, -0.05) is 6.07 Å². The molecule has 1 saturated carbocycles. The minimum Gasteiger partial charge on any atom is -0.481 e. The van der Waals surface area contributed by atoms with Gasteiger partial charge in [-0.15, -0.1) is 0 Å². The Kier molecular flexibility index (Phi) is 6.17. The SMILES string of the molecule is Cc1ccc(NC(=O)C2CCC(C(=O)O)CC2)cc1C(=O)NC(C)C. The maximum atomic E-state index is 12.4. The van der Waals surface area contributed by atoms with Crippen LogP contribution in [-0.4, -0.2) is 28.9 Å². The van der Waals surface area contributed by atoms with E-state index in [4.69, 9.17) is 5.11 Å². The zero-order valence-corrected chi connectivity index (χ0v) is 15.0. The number of rotatable bonds is 5. The van der Waals surface area contributed by atoms with Gasteiger partial charge in [-0.25, -0.2) is 0 Å². The molecule has 2 rings (SSSR count). The Balaban J connectivity index is 2.02. The molecule has 0 aromatic heterocycles. The topological polar surface area (TPSA) is 95.5 Å². The summed E-state index contributed by atoms with van der Waals surface area (Å²) < 4.78 is 0. The second-order valence-electron chi connectivity index (χ2n) is 7.03. The van der Waals surface area contributed by atoms with E-state index in [1.165, 1.54) is 0 Å². The second kappa shape index (κ2) is 8.14. The highest BCUT2D eigenvalue weighted by molar-refractivity contribution is 5.99. The van der Waals surface area contributed by atoms with Crippen LogP contribution in [0.15, 0.2) is 18.2 Å². The van der Waals surface area contributed by atoms with Crippen LogP contribution in [0.5, 0.6) is 0 Å². The third-order valence-corrected chi connectivity index (χ3v) is 4.62. The van der Waals surface area contributed by atoms with Gasteiger partial charge in [-0.2, -0.15) is 0 Å². The highest BCUT2D eigenvalue weighted by atomic mass is 16.4. The summed E-state index contributed by atoms with van der Waals surface area (Å²) in [6.45, 7) is 5.65. The van der Waals surface area contributed by atoms with Crippen LogP contribution in [0, 0.1) is 18.8 Å². The molecule has 1 aliphatic carbocycles. The highest BCUT2D eigenvalue weighted by Gasteiger charge is 2.29. The van der Waals surface area contributed by atoms with E-state index in [2.05, 4.69) is 10.6 Å². The van der Waals surface area contributed by atoms with Crippen LogP contribution in [-0.2, 0) is 9.59 Å². The monoisotopic (exact) mass is 346 g/mol. The molecule has 25 heavy (non-hydrogen) atoms. The summed E-state index contributed by atoms with van der Waals surface area (Å²) in [5.41, 5.74) is 1.98. The number of anilines is 1. The van der Waals surface area contributed by atoms with Gasteiger partial charge in [-0.3, -0.25) is 14.4 Å². The van der Waals surface area contributed by atoms with Crippen LogP contribution in [0.3, 0.4) is 0 Å². The summed E-state index contributed by atoms with van der Waals surface area (Å²) in [6.07, 6.45) is 2.22. The summed E-state index contributed by atoms with van der Waals surface area (Å²) in [5.74, 6) is -1.56. The van der Waals surface area contributed by atoms with Gasteiger partial charge in [0, 0.05) is 23.2 Å². The Labute approximate surface area is 148 Å². The van der Waals surface area contributed by atoms with Gasteiger partial charge in [0.25, 0.3) is 5.91 Å². The van der Waals surface area contributed by atoms with Gasteiger partial charge in [0.1, 0.15) is 0 Å². The largest absolute Gasteiger partial charge is 0.481 e. The van der Waals surface area contributed by atoms with Gasteiger partial charge in [0.05, 0.1) is 5.92 Å². The molecular formula is C19H26N2O4. The summed E-state index contributed by atoms with van der Waals surface area (Å²) in [7, 11) is 0. The van der Waals surface area contributed by atoms with Gasteiger partial charge in [-0.05, 0) is 64.2 Å². The average Bonchev–Trinajstić information content (AvgIpc) is 2.56. The van der Waals surface area contributed by atoms with E-state index in [-0.39, 0.29) is 29.7 Å². The molecule has 1 fully saturated rings. The summed E-state index contributed by atoms with van der Waals surface area (Å²) in [5, 5.41) is 14.7. The van der Waals surface area contributed by atoms with Gasteiger partial charge < -0.3 is 15.7 Å². The van der Waals surface area contributed by atoms with E-state index < -0.39 is 5.97 Å². The summed E-state index contributed by atoms with van der Waals surface area (Å²) >= 11 is 0. The fraction of sp³-hybridized carbons (Fsp3) is 0.526. The number of carbonyl (C=O) groups is 3. The lowest BCUT2D eigenvalue weighted by molar-refractivity contribution is -0.143. The van der Waals surface area contributed by atoms with Crippen molar-refractivity contribution in [3.63, 3.8) is 0 Å². The number of hydrogen-bond acceptors (Lipinski definition) is 3. The zero-order chi connectivity index (χ0) is 18.6. The van der Waals surface area contributed by atoms with Crippen LogP contribution in [0.25, 0.3) is 0 Å². The number of aryl methyl sites for hydroxylation is 1. The lowest BCUT2D eigenvalue weighted by atomic mass is 9.81. The van der Waals surface area contributed by atoms with Crippen molar-refractivity contribution in [1.29, 1.82) is 0 Å². The Morgan fingerprint density at radius 3 is 2.24 bits per heavy atom. The molecule has 0 unspecified atom stereocenters. The first-order chi connectivity index (χ1) is 11.8. The second-order valence-corrected chi connectivity index (χ2v) is 7.03. The number of aliphatic carboxylic acids is 1. The third kappa shape index (κ3) is 5.05. The van der Waals surface area contributed by atoms with E-state index in [1.54, 1.807) is 12.1 Å². The number of nitrogens with one attached hydrogen (secondary N) is 2. The van der Waals surface area contributed by atoms with Crippen LogP contribution in [0.4, 0.5) is 5.69 Å². The number of benzene rings is 1. The van der Waals surface area contributed by atoms with E-state index >= 15 is 0 Å². The molecule has 6 nitrogen and oxygen atoms in total. The molecule has 0 radical (unpaired) electrons. The molecule has 0 atom stereocenters. The third-order valence-electron chi connectivity index (χ3n) is 4.62. The maximum absolute atomic E-state index is 12.4. The van der Waals surface area contributed by atoms with Gasteiger partial charge >= 0.3 is 5.97 Å². The molecule has 1 aliphatic rings. The number of carboxylic acids is 1. The van der Waals surface area contributed by atoms with Crippen LogP contribution in [0.1, 0.15) is 55.5 Å². The molecule has 1 aromatic carbocycles. The van der Waals surface area contributed by atoms with Crippen LogP contribution in [0.2, 0.25) is 0 Å². The summed E-state index contributed by atoms with van der Waals surface area (Å²) in [6, 6.07) is 5.32. The zero-order valence-electron chi connectivity index (χ0n) is 15.0. The van der Waals surface area contributed by atoms with E-state index in [9.17, 15) is 14.4 Å². The standard InChI is InChI=1S/C19H26N2O4/c1-11(2)20-18(23)16-10-15(9-4-12(16)3)21-17(22)13-5-7-14(8-6-13)19(24)25/h4,9-11,13-14H,5-8H2,1-3H3,(H,20,23)(H,21,22)(H,24,25). The predicted molar refractivity (Wildman–Crippen MR) is 95.5 cm³/mol. The molecule has 1 aromatic rings. The molecule has 0 aliphatic heterocycles. The molecule has 3 N–H and O–H groups in total. The van der Waals surface area contributed by atoms with Crippen LogP contribution >= 0.6 is 0 Å². The van der Waals surface area contributed by atoms with E-state index in [0.29, 0.717) is 36.9 Å². The molecule has 0 bridgehead atoms. The minimum absolute atomic E-state index is 0.0366. The highest BCUT2D eigenvalue weighted by Crippen LogP contribution is 2.30. The van der Waals surface area contributed by atoms with Crippen molar-refractivity contribution in [2.75, 3.05) is 5.32 Å². The normalized spacial score (nSPS) is 20.2. The molecular weight excluding hydrogens is 320 g/mol. The summed E-state index contributed by atoms with van der Waals surface area (Å²) in [4.78, 5) is 35.7. The maximum Gasteiger partial charge on any atom is 0.306 e. The van der Waals surface area contributed by atoms with Crippen molar-refractivity contribution in [1.82, 2.24) is 5.32 Å². The first-order valence-electron chi connectivity index (χ1n) is 8.73. The molecule has 6 heteroatoms. The van der Waals surface area contributed by atoms with Crippen molar-refractivity contribution in [3.8, 4) is 0 Å². The molecule has 2 amide bonds. The number of hydrogen-bond donors (Lipinski definition) is 3. The molecule has 0 spiro atoms. The fourth-order valence-corrected chi connectivity index (χ4v) is 3.13. The number of carboxylic acid groups (broad SMARTS) is 1. The van der Waals surface area contributed by atoms with Crippen molar-refractivity contribution < 1.29 is 19.5 Å². The van der Waals surface area contributed by atoms with E-state index in [1.807, 2.05) is 26.8 Å². The van der Waals surface area contributed by atoms with Crippen molar-refractivity contribution >= 4 is 23.5 Å². The van der Waals surface area contributed by atoms with Crippen molar-refractivity contribution in [3.05, 3.63) is 29.3 Å². The smallest absolute Gasteiger partial charge is 0.306 e. The number of amides is 2. The van der Waals surface area contributed by atoms with Gasteiger partial charge in [0.2, 0.25) is 5.91 Å². The van der Waals surface area contributed by atoms with E-state index in [0.717, 1.165) is 5.56 Å². The quantitative estimate of drug-likeness (QED) is 0.764. The first kappa shape index (κ1) is 19.0. The lowest BCUT2D eigenvalue weighted by Gasteiger charge is -2.25. The average molecular weight is 346 g/mol. The Morgan fingerprint density at radius 1 is 1.08 bits per heavy atom. The lowest BCUT2D eigenvalue weighted by Crippen LogP contribution is -2.31. The molecule has 0 saturated heterocycles. The molecule has 0 heterocycles. The predicted octanol–water partition coefficient (Wildman–Crippen LogP) is 2.96. The Hall–Kier alpha value is -2.37. The van der Waals surface area contributed by atoms with Crippen molar-refractivity contribution in [2.45, 2.75) is 52.5 Å². The molecule has 136 valence electrons. The van der Waals surface area contributed by atoms with Crippen molar-refractivity contribution in [2.24, 2.45) is 11.8 Å². The minimum atomic E-state index is -0.779. The Morgan fingerprint density at radius 2 is 1.68 bits per heavy atom. The Bertz CT molecular complexity index is 661. The van der Waals surface area contributed by atoms with Gasteiger partial charge in [0.15, 0.2) is 0 Å². The number of carbonyl (C=O) groups excluding carboxylic acids is 2.